The highest BCUT2D eigenvalue weighted by Gasteiger charge is 2.25. The Kier molecular flexibility index (Phi) is 7.46. The summed E-state index contributed by atoms with van der Waals surface area (Å²) in [5, 5.41) is 0. The highest BCUT2D eigenvalue weighted by Crippen LogP contribution is 2.32. The van der Waals surface area contributed by atoms with Crippen molar-refractivity contribution in [2.24, 2.45) is 10.7 Å². The highest BCUT2D eigenvalue weighted by molar-refractivity contribution is 5.98. The molecule has 0 bridgehead atoms. The largest absolute Gasteiger partial charge is 0.443 e. The molecular formula is C23H20F3N5O3. The molecule has 0 radical (unpaired) electrons. The van der Waals surface area contributed by atoms with E-state index in [4.69, 9.17) is 10.5 Å². The van der Waals surface area contributed by atoms with Crippen LogP contribution in [0.4, 0.5) is 34.3 Å². The molecule has 0 saturated carbocycles. The van der Waals surface area contributed by atoms with Crippen LogP contribution in [0.15, 0.2) is 59.6 Å². The predicted molar refractivity (Wildman–Crippen MR) is 120 cm³/mol. The first-order valence-electron chi connectivity index (χ1n) is 9.84. The lowest BCUT2D eigenvalue weighted by Crippen LogP contribution is -2.33. The topological polar surface area (TPSA) is 101 Å². The quantitative estimate of drug-likeness (QED) is 0.418. The number of primary amides is 1. The number of benzene rings is 2. The van der Waals surface area contributed by atoms with Gasteiger partial charge in [0.05, 0.1) is 12.0 Å². The molecule has 1 aromatic heterocycles. The summed E-state index contributed by atoms with van der Waals surface area (Å²) in [6.45, 7) is -0.270. The summed E-state index contributed by atoms with van der Waals surface area (Å²) in [5.74, 6) is -2.75. The average Bonchev–Trinajstić information content (AvgIpc) is 2.79. The maximum atomic E-state index is 14.4. The zero-order chi connectivity index (χ0) is 24.8. The van der Waals surface area contributed by atoms with Crippen LogP contribution in [-0.4, -0.2) is 42.4 Å². The van der Waals surface area contributed by atoms with E-state index in [1.165, 1.54) is 42.7 Å². The van der Waals surface area contributed by atoms with Crippen molar-refractivity contribution in [1.82, 2.24) is 9.88 Å². The number of nitrogens with two attached hydrogens (primary N) is 1. The van der Waals surface area contributed by atoms with E-state index in [1.807, 2.05) is 0 Å². The van der Waals surface area contributed by atoms with Gasteiger partial charge in [0.25, 0.3) is 0 Å². The van der Waals surface area contributed by atoms with Crippen molar-refractivity contribution in [3.8, 4) is 11.3 Å². The minimum Gasteiger partial charge on any atom is -0.443 e. The molecular weight excluding hydrogens is 451 g/mol. The third kappa shape index (κ3) is 5.68. The van der Waals surface area contributed by atoms with E-state index in [1.54, 1.807) is 19.0 Å². The zero-order valence-electron chi connectivity index (χ0n) is 18.2. The lowest BCUT2D eigenvalue weighted by molar-refractivity contribution is 0.151. The second-order valence-corrected chi connectivity index (χ2v) is 7.19. The second-order valence-electron chi connectivity index (χ2n) is 7.19. The molecule has 0 unspecified atom stereocenters. The molecule has 3 rings (SSSR count). The Hall–Kier alpha value is -4.41. The molecule has 0 aliphatic carbocycles. The fraction of sp³-hybridized carbons (Fsp3) is 0.130. The molecule has 2 N–H and O–H groups in total. The first kappa shape index (κ1) is 24.2. The molecule has 34 heavy (non-hydrogen) atoms. The van der Waals surface area contributed by atoms with Crippen molar-refractivity contribution in [3.05, 3.63) is 77.6 Å². The number of rotatable bonds is 6. The number of pyridine rings is 1. The number of aromatic nitrogens is 1. The lowest BCUT2D eigenvalue weighted by Gasteiger charge is -2.22. The van der Waals surface area contributed by atoms with Crippen LogP contribution in [0, 0.1) is 17.5 Å². The van der Waals surface area contributed by atoms with Gasteiger partial charge in [0.2, 0.25) is 0 Å². The van der Waals surface area contributed by atoms with Crippen LogP contribution in [0.3, 0.4) is 0 Å². The number of carbonyl (C=O) groups is 2. The van der Waals surface area contributed by atoms with Crippen LogP contribution in [-0.2, 0) is 11.3 Å². The Balaban J connectivity index is 2.06. The minimum atomic E-state index is -1.18. The number of amides is 3. The van der Waals surface area contributed by atoms with Gasteiger partial charge in [-0.1, -0.05) is 6.07 Å². The number of hydrogen-bond acceptors (Lipinski definition) is 4. The molecule has 0 saturated heterocycles. The molecule has 0 fully saturated rings. The van der Waals surface area contributed by atoms with Gasteiger partial charge < -0.3 is 15.4 Å². The third-order valence-electron chi connectivity index (χ3n) is 4.44. The number of nitrogens with zero attached hydrogens (tertiary/aromatic N) is 4. The van der Waals surface area contributed by atoms with Gasteiger partial charge in [0.15, 0.2) is 0 Å². The number of aliphatic imine (C=N–C) groups is 1. The van der Waals surface area contributed by atoms with Crippen LogP contribution in [0.2, 0.25) is 0 Å². The van der Waals surface area contributed by atoms with Crippen LogP contribution >= 0.6 is 0 Å². The average molecular weight is 471 g/mol. The molecule has 2 aromatic carbocycles. The van der Waals surface area contributed by atoms with Crippen LogP contribution in [0.5, 0.6) is 0 Å². The molecule has 0 spiro atoms. The van der Waals surface area contributed by atoms with Crippen LogP contribution in [0.1, 0.15) is 5.56 Å². The summed E-state index contributed by atoms with van der Waals surface area (Å²) in [5.41, 5.74) is 5.64. The number of urea groups is 1. The SMILES string of the molecule is CN(C)C=NC(=O)OCc1ccc(N(C(N)=O)c2c(F)cccc2F)nc1-c1ccc(F)cc1. The monoisotopic (exact) mass is 471 g/mol. The summed E-state index contributed by atoms with van der Waals surface area (Å²) in [7, 11) is 3.35. The second kappa shape index (κ2) is 10.5. The third-order valence-corrected chi connectivity index (χ3v) is 4.44. The fourth-order valence-electron chi connectivity index (χ4n) is 2.96. The van der Waals surface area contributed by atoms with Gasteiger partial charge in [-0.05, 0) is 48.5 Å². The Morgan fingerprint density at radius 1 is 1.03 bits per heavy atom. The number of halogens is 3. The number of para-hydroxylation sites is 1. The zero-order valence-corrected chi connectivity index (χ0v) is 18.2. The minimum absolute atomic E-state index is 0.171. The van der Waals surface area contributed by atoms with E-state index in [2.05, 4.69) is 9.98 Å². The van der Waals surface area contributed by atoms with E-state index in [0.29, 0.717) is 16.0 Å². The van der Waals surface area contributed by atoms with Crippen molar-refractivity contribution in [3.63, 3.8) is 0 Å². The van der Waals surface area contributed by atoms with E-state index in [9.17, 15) is 22.8 Å². The Morgan fingerprint density at radius 2 is 1.68 bits per heavy atom. The summed E-state index contributed by atoms with van der Waals surface area (Å²) in [6, 6.07) is 9.82. The normalized spacial score (nSPS) is 10.9. The number of anilines is 2. The number of ether oxygens (including phenoxy) is 1. The van der Waals surface area contributed by atoms with E-state index < -0.39 is 35.3 Å². The highest BCUT2D eigenvalue weighted by atomic mass is 19.1. The number of hydrogen-bond donors (Lipinski definition) is 1. The Bertz CT molecular complexity index is 1210. The van der Waals surface area contributed by atoms with Gasteiger partial charge >= 0.3 is 12.1 Å². The molecule has 0 atom stereocenters. The van der Waals surface area contributed by atoms with Gasteiger partial charge in [0, 0.05) is 25.2 Å². The molecule has 1 heterocycles. The molecule has 0 aliphatic rings. The summed E-state index contributed by atoms with van der Waals surface area (Å²) in [6.07, 6.45) is 0.396. The summed E-state index contributed by atoms with van der Waals surface area (Å²) >= 11 is 0. The van der Waals surface area contributed by atoms with Crippen molar-refractivity contribution >= 4 is 30.0 Å². The molecule has 11 heteroatoms. The molecule has 3 aromatic rings. The molecule has 176 valence electrons. The summed E-state index contributed by atoms with van der Waals surface area (Å²) in [4.78, 5) is 34.1. The van der Waals surface area contributed by atoms with Gasteiger partial charge in [-0.2, -0.15) is 4.99 Å². The standard InChI is InChI=1S/C23H20F3N5O3/c1-30(2)13-28-23(33)34-12-15-8-11-19(29-20(15)14-6-9-16(24)10-7-14)31(22(27)32)21-17(25)4-3-5-18(21)26/h3-11,13H,12H2,1-2H3,(H2,27,32). The summed E-state index contributed by atoms with van der Waals surface area (Å²) < 4.78 is 47.4. The maximum Gasteiger partial charge on any atom is 0.435 e. The van der Waals surface area contributed by atoms with Crippen molar-refractivity contribution in [2.75, 3.05) is 19.0 Å². The first-order valence-corrected chi connectivity index (χ1v) is 9.84. The maximum absolute atomic E-state index is 14.4. The molecule has 0 aliphatic heterocycles. The van der Waals surface area contributed by atoms with Gasteiger partial charge in [-0.3, -0.25) is 0 Å². The van der Waals surface area contributed by atoms with Gasteiger partial charge in [-0.15, -0.1) is 0 Å². The number of carbonyl (C=O) groups excluding carboxylic acids is 2. The Labute approximate surface area is 193 Å². The Morgan fingerprint density at radius 3 is 2.26 bits per heavy atom. The van der Waals surface area contributed by atoms with E-state index in [0.717, 1.165) is 18.2 Å². The van der Waals surface area contributed by atoms with E-state index in [-0.39, 0.29) is 18.1 Å². The smallest absolute Gasteiger partial charge is 0.435 e. The van der Waals surface area contributed by atoms with E-state index >= 15 is 0 Å². The van der Waals surface area contributed by atoms with Crippen molar-refractivity contribution in [1.29, 1.82) is 0 Å². The van der Waals surface area contributed by atoms with Gasteiger partial charge in [0.1, 0.15) is 35.6 Å². The lowest BCUT2D eigenvalue weighted by atomic mass is 10.1. The predicted octanol–water partition coefficient (Wildman–Crippen LogP) is 4.61. The first-order chi connectivity index (χ1) is 16.2. The molecule has 8 nitrogen and oxygen atoms in total. The van der Waals surface area contributed by atoms with Crippen molar-refractivity contribution < 1.29 is 27.5 Å². The molecule has 3 amide bonds. The van der Waals surface area contributed by atoms with Gasteiger partial charge in [-0.25, -0.2) is 32.6 Å². The van der Waals surface area contributed by atoms with Crippen LogP contribution < -0.4 is 10.6 Å². The van der Waals surface area contributed by atoms with Crippen LogP contribution in [0.25, 0.3) is 11.3 Å². The fourth-order valence-corrected chi connectivity index (χ4v) is 2.96. The van der Waals surface area contributed by atoms with Crippen molar-refractivity contribution in [2.45, 2.75) is 6.61 Å².